The second-order valence-corrected chi connectivity index (χ2v) is 8.27. The Morgan fingerprint density at radius 3 is 2.68 bits per heavy atom. The number of carbonyl (C=O) groups is 2. The molecule has 0 aromatic carbocycles. The smallest absolute Gasteiger partial charge is 0.225 e. The van der Waals surface area contributed by atoms with Gasteiger partial charge >= 0.3 is 0 Å². The molecule has 2 rings (SSSR count). The monoisotopic (exact) mass is 343 g/mol. The summed E-state index contributed by atoms with van der Waals surface area (Å²) in [6.45, 7) is 8.84. The van der Waals surface area contributed by atoms with Crippen LogP contribution in [-0.4, -0.2) is 40.3 Å². The number of rotatable bonds is 4. The summed E-state index contributed by atoms with van der Waals surface area (Å²) in [6, 6.07) is 0. The molecule has 1 saturated heterocycles. The van der Waals surface area contributed by atoms with Crippen molar-refractivity contribution >= 4 is 34.8 Å². The number of likely N-dealkylation sites (tertiary alicyclic amines) is 1. The summed E-state index contributed by atoms with van der Waals surface area (Å²) in [5, 5.41) is 3.82. The quantitative estimate of drug-likeness (QED) is 0.913. The van der Waals surface area contributed by atoms with E-state index >= 15 is 0 Å². The first kappa shape index (κ1) is 17.2. The van der Waals surface area contributed by atoms with Crippen molar-refractivity contribution < 1.29 is 9.59 Å². The van der Waals surface area contributed by atoms with Crippen LogP contribution in [0.4, 0.5) is 0 Å². The van der Waals surface area contributed by atoms with Crippen molar-refractivity contribution in [3.8, 4) is 0 Å². The van der Waals surface area contributed by atoms with E-state index in [0.717, 1.165) is 10.7 Å². The van der Waals surface area contributed by atoms with Crippen molar-refractivity contribution in [2.45, 2.75) is 46.1 Å². The van der Waals surface area contributed by atoms with Crippen molar-refractivity contribution in [1.82, 2.24) is 15.2 Å². The maximum Gasteiger partial charge on any atom is 0.225 e. The van der Waals surface area contributed by atoms with Crippen molar-refractivity contribution in [3.63, 3.8) is 0 Å². The minimum Gasteiger partial charge on any atom is -0.355 e. The lowest BCUT2D eigenvalue weighted by Crippen LogP contribution is -2.43. The summed E-state index contributed by atoms with van der Waals surface area (Å²) < 4.78 is 0.698. The van der Waals surface area contributed by atoms with Gasteiger partial charge in [-0.05, 0) is 27.7 Å². The summed E-state index contributed by atoms with van der Waals surface area (Å²) in [5.41, 5.74) is 0.594. The zero-order valence-corrected chi connectivity index (χ0v) is 15.0. The number of nitrogens with one attached hydrogen (secondary N) is 1. The van der Waals surface area contributed by atoms with E-state index in [4.69, 9.17) is 11.6 Å². The van der Waals surface area contributed by atoms with Gasteiger partial charge in [0.25, 0.3) is 0 Å². The molecule has 22 heavy (non-hydrogen) atoms. The van der Waals surface area contributed by atoms with Gasteiger partial charge in [0.2, 0.25) is 11.8 Å². The van der Waals surface area contributed by atoms with Crippen molar-refractivity contribution in [1.29, 1.82) is 0 Å². The van der Waals surface area contributed by atoms with Crippen LogP contribution in [0.5, 0.6) is 0 Å². The van der Waals surface area contributed by atoms with E-state index in [9.17, 15) is 9.59 Å². The highest BCUT2D eigenvalue weighted by atomic mass is 35.5. The molecule has 1 aromatic rings. The molecule has 122 valence electrons. The minimum absolute atomic E-state index is 0.0509. The van der Waals surface area contributed by atoms with E-state index in [2.05, 4.69) is 10.3 Å². The van der Waals surface area contributed by atoms with Crippen LogP contribution < -0.4 is 5.32 Å². The minimum atomic E-state index is -0.256. The molecule has 0 aliphatic carbocycles. The van der Waals surface area contributed by atoms with Crippen molar-refractivity contribution in [3.05, 3.63) is 15.0 Å². The van der Waals surface area contributed by atoms with Crippen LogP contribution in [0.2, 0.25) is 4.34 Å². The lowest BCUT2D eigenvalue weighted by atomic mass is 10.1. The van der Waals surface area contributed by atoms with Gasteiger partial charge in [-0.3, -0.25) is 9.59 Å². The zero-order valence-electron chi connectivity index (χ0n) is 13.4. The molecule has 1 N–H and O–H groups in total. The Morgan fingerprint density at radius 2 is 2.18 bits per heavy atom. The van der Waals surface area contributed by atoms with E-state index in [-0.39, 0.29) is 23.3 Å². The Labute approximate surface area is 140 Å². The fraction of sp³-hybridized carbons (Fsp3) is 0.667. The summed E-state index contributed by atoms with van der Waals surface area (Å²) in [5.74, 6) is -0.261. The maximum absolute atomic E-state index is 12.2. The SMILES string of the molecule is Cc1nc(CCNC(=O)C2CC(=O)N(C(C)(C)C)C2)sc1Cl. The average Bonchev–Trinajstić information content (AvgIpc) is 2.93. The third-order valence-electron chi connectivity index (χ3n) is 3.73. The van der Waals surface area contributed by atoms with Crippen LogP contribution in [0.15, 0.2) is 0 Å². The van der Waals surface area contributed by atoms with Gasteiger partial charge in [-0.2, -0.15) is 0 Å². The van der Waals surface area contributed by atoms with E-state index in [1.165, 1.54) is 11.3 Å². The van der Waals surface area contributed by atoms with E-state index in [1.807, 2.05) is 27.7 Å². The number of halogens is 1. The first-order valence-electron chi connectivity index (χ1n) is 7.38. The third-order valence-corrected chi connectivity index (χ3v) is 5.24. The van der Waals surface area contributed by atoms with Gasteiger partial charge in [0.15, 0.2) is 0 Å². The second kappa shape index (κ2) is 6.54. The molecule has 1 atom stereocenters. The van der Waals surface area contributed by atoms with Gasteiger partial charge < -0.3 is 10.2 Å². The van der Waals surface area contributed by atoms with E-state index < -0.39 is 0 Å². The number of hydrogen-bond donors (Lipinski definition) is 1. The number of aryl methyl sites for hydroxylation is 1. The molecule has 0 bridgehead atoms. The molecule has 0 spiro atoms. The van der Waals surface area contributed by atoms with Gasteiger partial charge in [-0.1, -0.05) is 11.6 Å². The van der Waals surface area contributed by atoms with E-state index in [1.54, 1.807) is 4.90 Å². The highest BCUT2D eigenvalue weighted by Crippen LogP contribution is 2.26. The number of carbonyl (C=O) groups excluding carboxylic acids is 2. The van der Waals surface area contributed by atoms with Crippen LogP contribution in [0.1, 0.15) is 37.9 Å². The van der Waals surface area contributed by atoms with Gasteiger partial charge in [0, 0.05) is 31.5 Å². The Bertz CT molecular complexity index is 560. The summed E-state index contributed by atoms with van der Waals surface area (Å²) in [6.07, 6.45) is 0.957. The summed E-state index contributed by atoms with van der Waals surface area (Å²) in [4.78, 5) is 30.3. The molecule has 0 radical (unpaired) electrons. The van der Waals surface area contributed by atoms with Crippen LogP contribution in [0.25, 0.3) is 0 Å². The summed E-state index contributed by atoms with van der Waals surface area (Å²) in [7, 11) is 0. The van der Waals surface area contributed by atoms with Gasteiger partial charge in [-0.25, -0.2) is 4.98 Å². The largest absolute Gasteiger partial charge is 0.355 e. The number of nitrogens with zero attached hydrogens (tertiary/aromatic N) is 2. The average molecular weight is 344 g/mol. The molecule has 1 aromatic heterocycles. The molecule has 0 saturated carbocycles. The Morgan fingerprint density at radius 1 is 1.50 bits per heavy atom. The second-order valence-electron chi connectivity index (χ2n) is 6.58. The van der Waals surface area contributed by atoms with Crippen molar-refractivity contribution in [2.75, 3.05) is 13.1 Å². The lowest BCUT2D eigenvalue weighted by Gasteiger charge is -2.31. The van der Waals surface area contributed by atoms with Gasteiger partial charge in [0.05, 0.1) is 16.6 Å². The topological polar surface area (TPSA) is 62.3 Å². The molecule has 7 heteroatoms. The molecule has 2 amide bonds. The predicted molar refractivity (Wildman–Crippen MR) is 88.1 cm³/mol. The van der Waals surface area contributed by atoms with Crippen LogP contribution in [-0.2, 0) is 16.0 Å². The lowest BCUT2D eigenvalue weighted by molar-refractivity contribution is -0.132. The fourth-order valence-corrected chi connectivity index (χ4v) is 3.60. The number of amides is 2. The van der Waals surface area contributed by atoms with Crippen LogP contribution in [0, 0.1) is 12.8 Å². The van der Waals surface area contributed by atoms with Crippen LogP contribution in [0.3, 0.4) is 0 Å². The number of hydrogen-bond acceptors (Lipinski definition) is 4. The van der Waals surface area contributed by atoms with Gasteiger partial charge in [-0.15, -0.1) is 11.3 Å². The van der Waals surface area contributed by atoms with E-state index in [0.29, 0.717) is 30.3 Å². The zero-order chi connectivity index (χ0) is 16.5. The number of aromatic nitrogens is 1. The first-order valence-corrected chi connectivity index (χ1v) is 8.58. The molecule has 1 unspecified atom stereocenters. The standard InChI is InChI=1S/C15H22ClN3O2S/c1-9-13(16)22-11(18-9)5-6-17-14(21)10-7-12(20)19(8-10)15(2,3)4/h10H,5-8H2,1-4H3,(H,17,21). The number of thiazole rings is 1. The Kier molecular flexibility index (Phi) is 5.12. The van der Waals surface area contributed by atoms with Gasteiger partial charge in [0.1, 0.15) is 4.34 Å². The first-order chi connectivity index (χ1) is 10.2. The maximum atomic E-state index is 12.2. The molecular weight excluding hydrogens is 322 g/mol. The molecule has 1 aliphatic rings. The molecule has 1 fully saturated rings. The molecule has 2 heterocycles. The Hall–Kier alpha value is -1.14. The molecule has 5 nitrogen and oxygen atoms in total. The van der Waals surface area contributed by atoms with Crippen molar-refractivity contribution in [2.24, 2.45) is 5.92 Å². The Balaban J connectivity index is 1.82. The highest BCUT2D eigenvalue weighted by Gasteiger charge is 2.39. The fourth-order valence-electron chi connectivity index (χ4n) is 2.51. The summed E-state index contributed by atoms with van der Waals surface area (Å²) >= 11 is 7.42. The third kappa shape index (κ3) is 3.98. The normalized spacial score (nSPS) is 18.9. The predicted octanol–water partition coefficient (Wildman–Crippen LogP) is 2.41. The van der Waals surface area contributed by atoms with Crippen LogP contribution >= 0.6 is 22.9 Å². The highest BCUT2D eigenvalue weighted by molar-refractivity contribution is 7.16. The molecule has 1 aliphatic heterocycles. The molecular formula is C15H22ClN3O2S.